The van der Waals surface area contributed by atoms with E-state index in [0.29, 0.717) is 0 Å². The molecule has 80 valence electrons. The van der Waals surface area contributed by atoms with E-state index in [2.05, 4.69) is 5.32 Å². The number of aliphatic hydroxyl groups is 3. The first-order valence-corrected chi connectivity index (χ1v) is 4.64. The van der Waals surface area contributed by atoms with Gasteiger partial charge in [-0.05, 0) is 12.2 Å². The van der Waals surface area contributed by atoms with E-state index in [1.807, 2.05) is 0 Å². The van der Waals surface area contributed by atoms with E-state index in [1.165, 1.54) is 0 Å². The molecule has 6 nitrogen and oxygen atoms in total. The Morgan fingerprint density at radius 1 is 1.57 bits per heavy atom. The predicted molar refractivity (Wildman–Crippen MR) is 48.4 cm³/mol. The van der Waals surface area contributed by atoms with Crippen molar-refractivity contribution in [1.29, 1.82) is 0 Å². The lowest BCUT2D eigenvalue weighted by Gasteiger charge is -2.20. The summed E-state index contributed by atoms with van der Waals surface area (Å²) >= 11 is 4.72. The van der Waals surface area contributed by atoms with Crippen LogP contribution in [0.3, 0.4) is 0 Å². The second-order valence-electron chi connectivity index (χ2n) is 3.28. The summed E-state index contributed by atoms with van der Waals surface area (Å²) in [6.45, 7) is -0.467. The second kappa shape index (κ2) is 3.59. The Balaban J connectivity index is 2.05. The molecule has 0 aromatic rings. The SMILES string of the molecule is OC[C@@H](O)[C@H]1O[C@@H]2NC(=S)O[C@@H]2[C@H]1O. The van der Waals surface area contributed by atoms with Gasteiger partial charge in [0.25, 0.3) is 5.17 Å². The molecule has 0 aromatic carbocycles. The Morgan fingerprint density at radius 3 is 2.86 bits per heavy atom. The van der Waals surface area contributed by atoms with Crippen LogP contribution in [0.25, 0.3) is 0 Å². The molecular formula is C7H11NO5S. The second-order valence-corrected chi connectivity index (χ2v) is 3.65. The third-order valence-corrected chi connectivity index (χ3v) is 2.56. The van der Waals surface area contributed by atoms with Crippen LogP contribution in [0.4, 0.5) is 0 Å². The molecule has 0 radical (unpaired) electrons. The molecule has 5 atom stereocenters. The van der Waals surface area contributed by atoms with Crippen molar-refractivity contribution in [2.24, 2.45) is 0 Å². The molecule has 2 aliphatic rings. The first-order chi connectivity index (χ1) is 6.63. The fraction of sp³-hybridized carbons (Fsp3) is 0.857. The molecule has 0 aromatic heterocycles. The van der Waals surface area contributed by atoms with Gasteiger partial charge in [0.15, 0.2) is 12.3 Å². The number of ether oxygens (including phenoxy) is 2. The van der Waals surface area contributed by atoms with Gasteiger partial charge >= 0.3 is 0 Å². The van der Waals surface area contributed by atoms with Crippen LogP contribution in [-0.2, 0) is 9.47 Å². The van der Waals surface area contributed by atoms with Gasteiger partial charge < -0.3 is 30.1 Å². The van der Waals surface area contributed by atoms with E-state index in [-0.39, 0.29) is 5.17 Å². The van der Waals surface area contributed by atoms with Crippen LogP contribution < -0.4 is 5.32 Å². The maximum absolute atomic E-state index is 9.66. The van der Waals surface area contributed by atoms with Crippen molar-refractivity contribution in [3.63, 3.8) is 0 Å². The minimum Gasteiger partial charge on any atom is -0.460 e. The van der Waals surface area contributed by atoms with Gasteiger partial charge in [-0.25, -0.2) is 0 Å². The van der Waals surface area contributed by atoms with Crippen LogP contribution in [0.2, 0.25) is 0 Å². The predicted octanol–water partition coefficient (Wildman–Crippen LogP) is -2.30. The summed E-state index contributed by atoms with van der Waals surface area (Å²) in [5, 5.41) is 30.5. The Hall–Kier alpha value is -0.470. The molecule has 0 saturated carbocycles. The largest absolute Gasteiger partial charge is 0.460 e. The number of aliphatic hydroxyl groups excluding tert-OH is 3. The van der Waals surface area contributed by atoms with E-state index in [0.717, 1.165) is 0 Å². The molecule has 4 N–H and O–H groups in total. The van der Waals surface area contributed by atoms with Crippen LogP contribution in [-0.4, -0.2) is 57.7 Å². The Labute approximate surface area is 85.4 Å². The first-order valence-electron chi connectivity index (χ1n) is 4.23. The average Bonchev–Trinajstić information content (AvgIpc) is 2.64. The lowest BCUT2D eigenvalue weighted by Crippen LogP contribution is -2.41. The highest BCUT2D eigenvalue weighted by molar-refractivity contribution is 7.80. The number of rotatable bonds is 2. The van der Waals surface area contributed by atoms with Crippen molar-refractivity contribution in [2.45, 2.75) is 30.6 Å². The number of thiocarbonyl (C=S) groups is 1. The molecule has 2 rings (SSSR count). The summed E-state index contributed by atoms with van der Waals surface area (Å²) in [6, 6.07) is 0. The average molecular weight is 221 g/mol. The van der Waals surface area contributed by atoms with Gasteiger partial charge in [0.2, 0.25) is 0 Å². The quantitative estimate of drug-likeness (QED) is 0.390. The first kappa shape index (κ1) is 10.1. The van der Waals surface area contributed by atoms with Gasteiger partial charge in [-0.15, -0.1) is 0 Å². The Kier molecular flexibility index (Phi) is 2.58. The van der Waals surface area contributed by atoms with Gasteiger partial charge in [0.05, 0.1) is 6.61 Å². The van der Waals surface area contributed by atoms with Crippen molar-refractivity contribution in [3.8, 4) is 0 Å². The molecule has 2 heterocycles. The molecule has 2 saturated heterocycles. The van der Waals surface area contributed by atoms with Crippen LogP contribution >= 0.6 is 12.2 Å². The molecule has 2 aliphatic heterocycles. The van der Waals surface area contributed by atoms with Gasteiger partial charge in [0.1, 0.15) is 18.3 Å². The number of hydrogen-bond donors (Lipinski definition) is 4. The standard InChI is InChI=1S/C7H11NO5S/c9-1-2(10)4-3(11)5-6(12-4)8-7(14)13-5/h2-6,9-11H,1H2,(H,8,14)/t2-,3+,4-,5-,6+/m1/s1. The smallest absolute Gasteiger partial charge is 0.259 e. The summed E-state index contributed by atoms with van der Waals surface area (Å²) in [4.78, 5) is 0. The molecule has 0 bridgehead atoms. The maximum atomic E-state index is 9.66. The Morgan fingerprint density at radius 2 is 2.29 bits per heavy atom. The molecule has 2 fully saturated rings. The zero-order valence-corrected chi connectivity index (χ0v) is 7.98. The van der Waals surface area contributed by atoms with Gasteiger partial charge in [-0.1, -0.05) is 0 Å². The highest BCUT2D eigenvalue weighted by Gasteiger charge is 2.51. The molecule has 0 aliphatic carbocycles. The fourth-order valence-electron chi connectivity index (χ4n) is 1.64. The van der Waals surface area contributed by atoms with Crippen LogP contribution in [0.5, 0.6) is 0 Å². The minimum atomic E-state index is -1.12. The molecule has 0 spiro atoms. The monoisotopic (exact) mass is 221 g/mol. The summed E-state index contributed by atoms with van der Waals surface area (Å²) in [5.74, 6) is 0. The van der Waals surface area contributed by atoms with Gasteiger partial charge in [-0.2, -0.15) is 0 Å². The zero-order valence-electron chi connectivity index (χ0n) is 7.16. The maximum Gasteiger partial charge on any atom is 0.259 e. The molecular weight excluding hydrogens is 210 g/mol. The third-order valence-electron chi connectivity index (χ3n) is 2.34. The number of nitrogens with one attached hydrogen (secondary N) is 1. The van der Waals surface area contributed by atoms with Crippen molar-refractivity contribution >= 4 is 17.4 Å². The summed E-state index contributed by atoms with van der Waals surface area (Å²) in [5.41, 5.74) is 0. The molecule has 7 heteroatoms. The third kappa shape index (κ3) is 1.47. The summed E-state index contributed by atoms with van der Waals surface area (Å²) < 4.78 is 10.3. The van der Waals surface area contributed by atoms with Crippen molar-refractivity contribution < 1.29 is 24.8 Å². The van der Waals surface area contributed by atoms with Gasteiger partial charge in [-0.3, -0.25) is 0 Å². The lowest BCUT2D eigenvalue weighted by atomic mass is 10.1. The fourth-order valence-corrected chi connectivity index (χ4v) is 1.86. The summed E-state index contributed by atoms with van der Waals surface area (Å²) in [6.07, 6.45) is -4.09. The zero-order chi connectivity index (χ0) is 10.3. The van der Waals surface area contributed by atoms with Crippen molar-refractivity contribution in [3.05, 3.63) is 0 Å². The van der Waals surface area contributed by atoms with Crippen molar-refractivity contribution in [1.82, 2.24) is 5.32 Å². The normalized spacial score (nSPS) is 42.9. The number of fused-ring (bicyclic) bond motifs is 1. The highest BCUT2D eigenvalue weighted by Crippen LogP contribution is 2.28. The van der Waals surface area contributed by atoms with Crippen LogP contribution in [0.1, 0.15) is 0 Å². The van der Waals surface area contributed by atoms with E-state index < -0.39 is 37.3 Å². The van der Waals surface area contributed by atoms with Gasteiger partial charge in [0, 0.05) is 0 Å². The summed E-state index contributed by atoms with van der Waals surface area (Å²) in [7, 11) is 0. The topological polar surface area (TPSA) is 91.2 Å². The number of hydrogen-bond acceptors (Lipinski definition) is 6. The highest BCUT2D eigenvalue weighted by atomic mass is 32.1. The van der Waals surface area contributed by atoms with Crippen LogP contribution in [0, 0.1) is 0 Å². The molecule has 14 heavy (non-hydrogen) atoms. The van der Waals surface area contributed by atoms with Crippen molar-refractivity contribution in [2.75, 3.05) is 6.61 Å². The van der Waals surface area contributed by atoms with E-state index in [4.69, 9.17) is 26.8 Å². The minimum absolute atomic E-state index is 0.177. The van der Waals surface area contributed by atoms with E-state index >= 15 is 0 Å². The van der Waals surface area contributed by atoms with Crippen LogP contribution in [0.15, 0.2) is 0 Å². The van der Waals surface area contributed by atoms with E-state index in [1.54, 1.807) is 0 Å². The lowest BCUT2D eigenvalue weighted by molar-refractivity contribution is -0.0846. The Bertz CT molecular complexity index is 250. The molecule has 0 amide bonds. The van der Waals surface area contributed by atoms with E-state index in [9.17, 15) is 10.2 Å². The molecule has 0 unspecified atom stereocenters.